The van der Waals surface area contributed by atoms with Crippen LogP contribution < -0.4 is 16.4 Å². The molecule has 0 spiro atoms. The predicted octanol–water partition coefficient (Wildman–Crippen LogP) is 4.10. The van der Waals surface area contributed by atoms with E-state index in [0.29, 0.717) is 11.3 Å². The molecule has 0 radical (unpaired) electrons. The summed E-state index contributed by atoms with van der Waals surface area (Å²) in [6.45, 7) is 5.70. The van der Waals surface area contributed by atoms with Crippen molar-refractivity contribution in [2.24, 2.45) is 0 Å². The van der Waals surface area contributed by atoms with E-state index >= 15 is 0 Å². The molecule has 0 unspecified atom stereocenters. The number of aromatic nitrogens is 1. The molecule has 0 saturated heterocycles. The number of amides is 2. The molecule has 166 valence electrons. The van der Waals surface area contributed by atoms with Crippen LogP contribution in [0, 0.1) is 6.92 Å². The third-order valence-electron chi connectivity index (χ3n) is 4.96. The van der Waals surface area contributed by atoms with Crippen LogP contribution in [0.5, 0.6) is 0 Å². The molecule has 4 N–H and O–H groups in total. The first-order valence-electron chi connectivity index (χ1n) is 10.4. The van der Waals surface area contributed by atoms with Crippen molar-refractivity contribution in [1.82, 2.24) is 10.3 Å². The van der Waals surface area contributed by atoms with E-state index in [1.807, 2.05) is 69.3 Å². The van der Waals surface area contributed by atoms with E-state index in [9.17, 15) is 9.59 Å². The van der Waals surface area contributed by atoms with Gasteiger partial charge in [0.05, 0.1) is 5.56 Å². The van der Waals surface area contributed by atoms with E-state index in [2.05, 4.69) is 15.6 Å². The molecular formula is C25H28N4O3. The highest BCUT2D eigenvalue weighted by atomic mass is 16.5. The summed E-state index contributed by atoms with van der Waals surface area (Å²) in [4.78, 5) is 29.4. The lowest BCUT2D eigenvalue weighted by Crippen LogP contribution is -2.30. The number of anilines is 2. The molecular weight excluding hydrogens is 404 g/mol. The van der Waals surface area contributed by atoms with Crippen LogP contribution in [0.25, 0.3) is 11.1 Å². The Kier molecular flexibility index (Phi) is 7.22. The van der Waals surface area contributed by atoms with Gasteiger partial charge in [-0.1, -0.05) is 36.4 Å². The van der Waals surface area contributed by atoms with Crippen molar-refractivity contribution in [3.05, 3.63) is 77.5 Å². The number of aryl methyl sites for hydroxylation is 1. The third-order valence-corrected chi connectivity index (χ3v) is 4.96. The van der Waals surface area contributed by atoms with Crippen LogP contribution in [-0.4, -0.2) is 29.9 Å². The number of rotatable bonds is 7. The van der Waals surface area contributed by atoms with E-state index in [4.69, 9.17) is 10.5 Å². The summed E-state index contributed by atoms with van der Waals surface area (Å²) in [6.07, 6.45) is 0.929. The Labute approximate surface area is 188 Å². The van der Waals surface area contributed by atoms with Crippen molar-refractivity contribution >= 4 is 23.3 Å². The number of nitrogen functional groups attached to an aromatic ring is 1. The molecule has 3 aromatic rings. The van der Waals surface area contributed by atoms with E-state index in [1.165, 1.54) is 7.11 Å². The third kappa shape index (κ3) is 5.31. The van der Waals surface area contributed by atoms with Gasteiger partial charge in [-0.25, -0.2) is 4.98 Å². The number of carbonyl (C=O) groups excluding carboxylic acids is 2. The molecule has 2 amide bonds. The largest absolute Gasteiger partial charge is 0.383 e. The van der Waals surface area contributed by atoms with Gasteiger partial charge in [0.15, 0.2) is 6.10 Å². The first-order valence-corrected chi connectivity index (χ1v) is 10.4. The quantitative estimate of drug-likeness (QED) is 0.521. The Morgan fingerprint density at radius 3 is 2.41 bits per heavy atom. The lowest BCUT2D eigenvalue weighted by Gasteiger charge is -2.17. The highest BCUT2D eigenvalue weighted by Gasteiger charge is 2.20. The number of ether oxygens (including phenoxy) is 1. The fraction of sp³-hybridized carbons (Fsp3) is 0.240. The van der Waals surface area contributed by atoms with E-state index < -0.39 is 6.10 Å². The van der Waals surface area contributed by atoms with Gasteiger partial charge in [-0.3, -0.25) is 9.59 Å². The van der Waals surface area contributed by atoms with Gasteiger partial charge in [-0.2, -0.15) is 0 Å². The van der Waals surface area contributed by atoms with Crippen LogP contribution in [0.3, 0.4) is 0 Å². The van der Waals surface area contributed by atoms with Gasteiger partial charge in [0.25, 0.3) is 11.8 Å². The second-order valence-electron chi connectivity index (χ2n) is 7.83. The molecule has 1 heterocycles. The summed E-state index contributed by atoms with van der Waals surface area (Å²) in [5, 5.41) is 5.74. The van der Waals surface area contributed by atoms with Crippen molar-refractivity contribution in [2.75, 3.05) is 18.2 Å². The summed E-state index contributed by atoms with van der Waals surface area (Å²) in [5.74, 6) is -0.340. The summed E-state index contributed by atoms with van der Waals surface area (Å²) in [6, 6.07) is 16.6. The van der Waals surface area contributed by atoms with E-state index in [-0.39, 0.29) is 23.7 Å². The molecule has 2 aromatic carbocycles. The van der Waals surface area contributed by atoms with E-state index in [0.717, 1.165) is 22.3 Å². The molecule has 7 nitrogen and oxygen atoms in total. The fourth-order valence-corrected chi connectivity index (χ4v) is 3.44. The van der Waals surface area contributed by atoms with Gasteiger partial charge in [-0.05, 0) is 55.7 Å². The van der Waals surface area contributed by atoms with Gasteiger partial charge in [-0.15, -0.1) is 0 Å². The number of hydrogen-bond donors (Lipinski definition) is 3. The standard InChI is InChI=1S/C25H28N4O3/c1-15(2)28-24(30)21-13-18(14-27-23(21)26)20-11-10-19(12-16(20)3)29-25(31)22(32-4)17-8-6-5-7-9-17/h5-15,22H,1-4H3,(H2,26,27)(H,28,30)(H,29,31)/t22-/m1/s1. The maximum Gasteiger partial charge on any atom is 0.258 e. The monoisotopic (exact) mass is 432 g/mol. The number of nitrogens with zero attached hydrogens (tertiary/aromatic N) is 1. The van der Waals surface area contributed by atoms with Crippen LogP contribution in [0.4, 0.5) is 11.5 Å². The average Bonchev–Trinajstić information content (AvgIpc) is 2.75. The zero-order valence-corrected chi connectivity index (χ0v) is 18.7. The van der Waals surface area contributed by atoms with Gasteiger partial charge in [0.2, 0.25) is 0 Å². The van der Waals surface area contributed by atoms with Gasteiger partial charge < -0.3 is 21.1 Å². The Morgan fingerprint density at radius 1 is 1.06 bits per heavy atom. The average molecular weight is 433 g/mol. The van der Waals surface area contributed by atoms with Gasteiger partial charge >= 0.3 is 0 Å². The zero-order chi connectivity index (χ0) is 23.3. The Morgan fingerprint density at radius 2 is 1.78 bits per heavy atom. The molecule has 0 bridgehead atoms. The highest BCUT2D eigenvalue weighted by Crippen LogP contribution is 2.28. The van der Waals surface area contributed by atoms with Crippen LogP contribution >= 0.6 is 0 Å². The first kappa shape index (κ1) is 23.0. The number of benzene rings is 2. The first-order chi connectivity index (χ1) is 15.3. The number of nitrogens with one attached hydrogen (secondary N) is 2. The predicted molar refractivity (Wildman–Crippen MR) is 126 cm³/mol. The number of hydrogen-bond acceptors (Lipinski definition) is 5. The molecule has 1 aromatic heterocycles. The lowest BCUT2D eigenvalue weighted by atomic mass is 9.99. The van der Waals surface area contributed by atoms with Crippen LogP contribution in [0.15, 0.2) is 60.8 Å². The highest BCUT2D eigenvalue weighted by molar-refractivity contribution is 6.00. The maximum atomic E-state index is 12.8. The lowest BCUT2D eigenvalue weighted by molar-refractivity contribution is -0.126. The van der Waals surface area contributed by atoms with E-state index in [1.54, 1.807) is 12.3 Å². The van der Waals surface area contributed by atoms with Crippen molar-refractivity contribution in [1.29, 1.82) is 0 Å². The minimum absolute atomic E-state index is 0.0120. The molecule has 7 heteroatoms. The minimum Gasteiger partial charge on any atom is -0.383 e. The smallest absolute Gasteiger partial charge is 0.258 e. The van der Waals surface area contributed by atoms with Crippen molar-refractivity contribution in [3.63, 3.8) is 0 Å². The summed E-state index contributed by atoms with van der Waals surface area (Å²) >= 11 is 0. The molecule has 0 fully saturated rings. The topological polar surface area (TPSA) is 106 Å². The second-order valence-corrected chi connectivity index (χ2v) is 7.83. The summed E-state index contributed by atoms with van der Waals surface area (Å²) in [5.41, 5.74) is 10.2. The van der Waals surface area contributed by atoms with Crippen LogP contribution in [0.1, 0.15) is 41.4 Å². The molecule has 3 rings (SSSR count). The van der Waals surface area contributed by atoms with Crippen LogP contribution in [-0.2, 0) is 9.53 Å². The van der Waals surface area contributed by atoms with Gasteiger partial charge in [0.1, 0.15) is 5.82 Å². The Hall–Kier alpha value is -3.71. The molecule has 32 heavy (non-hydrogen) atoms. The van der Waals surface area contributed by atoms with Crippen molar-refractivity contribution < 1.29 is 14.3 Å². The summed E-state index contributed by atoms with van der Waals surface area (Å²) in [7, 11) is 1.51. The Balaban J connectivity index is 1.82. The fourth-order valence-electron chi connectivity index (χ4n) is 3.44. The SMILES string of the molecule is CO[C@@H](C(=O)Nc1ccc(-c2cnc(N)c(C(=O)NC(C)C)c2)c(C)c1)c1ccccc1. The number of carbonyl (C=O) groups is 2. The number of methoxy groups -OCH3 is 1. The maximum absolute atomic E-state index is 12.8. The molecule has 0 aliphatic heterocycles. The Bertz CT molecular complexity index is 1110. The zero-order valence-electron chi connectivity index (χ0n) is 18.7. The normalized spacial score (nSPS) is 11.8. The number of nitrogens with two attached hydrogens (primary N) is 1. The number of pyridine rings is 1. The van der Waals surface area contributed by atoms with Crippen LogP contribution in [0.2, 0.25) is 0 Å². The minimum atomic E-state index is -0.709. The second kappa shape index (κ2) is 10.1. The summed E-state index contributed by atoms with van der Waals surface area (Å²) < 4.78 is 5.40. The molecule has 0 aliphatic rings. The molecule has 1 atom stereocenters. The van der Waals surface area contributed by atoms with Gasteiger partial charge in [0, 0.05) is 30.6 Å². The molecule has 0 saturated carbocycles. The van der Waals surface area contributed by atoms with Crippen molar-refractivity contribution in [2.45, 2.75) is 32.9 Å². The van der Waals surface area contributed by atoms with Crippen molar-refractivity contribution in [3.8, 4) is 11.1 Å². The molecule has 0 aliphatic carbocycles.